The molecule has 1 heterocycles. The maximum Gasteiger partial charge on any atom is 0.300 e. The van der Waals surface area contributed by atoms with Gasteiger partial charge in [-0.2, -0.15) is 0 Å². The van der Waals surface area contributed by atoms with Crippen LogP contribution < -0.4 is 4.90 Å². The zero-order valence-corrected chi connectivity index (χ0v) is 23.3. The molecule has 7 rings (SSSR count). The van der Waals surface area contributed by atoms with Gasteiger partial charge in [0.25, 0.3) is 5.97 Å². The Morgan fingerprint density at radius 3 is 2.22 bits per heavy atom. The number of rotatable bonds is 3. The van der Waals surface area contributed by atoms with Crippen LogP contribution >= 0.6 is 11.6 Å². The van der Waals surface area contributed by atoms with Crippen LogP contribution in [-0.2, 0) is 16.1 Å². The van der Waals surface area contributed by atoms with Gasteiger partial charge in [0, 0.05) is 30.0 Å². The molecule has 1 unspecified atom stereocenters. The molecule has 0 fully saturated rings. The minimum Gasteiger partial charge on any atom is -0.481 e. The molecule has 202 valence electrons. The Morgan fingerprint density at radius 1 is 0.780 bits per heavy atom. The molecule has 0 aliphatic carbocycles. The largest absolute Gasteiger partial charge is 0.481 e. The van der Waals surface area contributed by atoms with E-state index in [0.717, 1.165) is 29.3 Å². The van der Waals surface area contributed by atoms with Crippen LogP contribution in [0.5, 0.6) is 0 Å². The first-order valence-electron chi connectivity index (χ1n) is 13.6. The number of hydrogen-bond acceptors (Lipinski definition) is 2. The molecule has 6 aromatic rings. The van der Waals surface area contributed by atoms with Crippen LogP contribution in [0, 0.1) is 0 Å². The molecule has 1 amide bonds. The number of aliphatic carboxylic acids is 1. The minimum atomic E-state index is -0.833. The first kappa shape index (κ1) is 26.5. The average molecular weight is 558 g/mol. The van der Waals surface area contributed by atoms with Gasteiger partial charge in [0.05, 0.1) is 6.54 Å². The summed E-state index contributed by atoms with van der Waals surface area (Å²) in [7, 11) is 0. The molecule has 0 spiro atoms. The van der Waals surface area contributed by atoms with E-state index in [2.05, 4.69) is 78.9 Å². The van der Waals surface area contributed by atoms with Crippen molar-refractivity contribution in [2.45, 2.75) is 25.8 Å². The molecule has 0 radical (unpaired) electrons. The van der Waals surface area contributed by atoms with Crippen molar-refractivity contribution in [3.63, 3.8) is 0 Å². The molecule has 0 aromatic heterocycles. The van der Waals surface area contributed by atoms with E-state index in [4.69, 9.17) is 21.5 Å². The van der Waals surface area contributed by atoms with E-state index in [9.17, 15) is 4.79 Å². The standard InChI is InChI=1S/C34H24ClNO.C2H4O2/c35-25-14-18-33-32(19-25)31(22-7-2-1-3-8-22)20-34(37)36(33)21-24-10-6-12-28-27(24)16-17-29-26-11-5-4-9-23(26)13-15-30(28)29;1-2(3)4/h1-19,31H,20-21H2;1H3,(H,3,4). The topological polar surface area (TPSA) is 57.6 Å². The Morgan fingerprint density at radius 2 is 1.41 bits per heavy atom. The van der Waals surface area contributed by atoms with Gasteiger partial charge in [-0.1, -0.05) is 109 Å². The van der Waals surface area contributed by atoms with Gasteiger partial charge in [0.15, 0.2) is 0 Å². The van der Waals surface area contributed by atoms with E-state index >= 15 is 0 Å². The number of carboxylic acids is 1. The number of carboxylic acid groups (broad SMARTS) is 1. The summed E-state index contributed by atoms with van der Waals surface area (Å²) < 4.78 is 0. The molecule has 1 atom stereocenters. The molecule has 1 aliphatic rings. The summed E-state index contributed by atoms with van der Waals surface area (Å²) in [5, 5.41) is 15.5. The highest BCUT2D eigenvalue weighted by Gasteiger charge is 2.32. The third-order valence-electron chi connectivity index (χ3n) is 7.74. The predicted molar refractivity (Wildman–Crippen MR) is 168 cm³/mol. The summed E-state index contributed by atoms with van der Waals surface area (Å²) >= 11 is 6.45. The van der Waals surface area contributed by atoms with Gasteiger partial charge in [-0.05, 0) is 67.2 Å². The van der Waals surface area contributed by atoms with Crippen molar-refractivity contribution in [3.8, 4) is 0 Å². The lowest BCUT2D eigenvalue weighted by atomic mass is 9.83. The number of amides is 1. The van der Waals surface area contributed by atoms with Crippen LogP contribution in [0.4, 0.5) is 5.69 Å². The van der Waals surface area contributed by atoms with Crippen molar-refractivity contribution in [2.75, 3.05) is 4.90 Å². The normalized spacial score (nSPS) is 14.5. The fourth-order valence-corrected chi connectivity index (χ4v) is 6.15. The van der Waals surface area contributed by atoms with Crippen LogP contribution in [0.3, 0.4) is 0 Å². The van der Waals surface area contributed by atoms with Gasteiger partial charge in [0.2, 0.25) is 5.91 Å². The number of benzene rings is 6. The highest BCUT2D eigenvalue weighted by molar-refractivity contribution is 6.30. The number of anilines is 1. The predicted octanol–water partition coefficient (Wildman–Crippen LogP) is 8.96. The zero-order chi connectivity index (χ0) is 28.5. The van der Waals surface area contributed by atoms with Crippen LogP contribution in [0.25, 0.3) is 32.3 Å². The van der Waals surface area contributed by atoms with Crippen molar-refractivity contribution in [1.82, 2.24) is 0 Å². The summed E-state index contributed by atoms with van der Waals surface area (Å²) in [5.74, 6) is -0.698. The Kier molecular flexibility index (Phi) is 7.17. The number of nitrogens with zero attached hydrogens (tertiary/aromatic N) is 1. The van der Waals surface area contributed by atoms with Crippen LogP contribution in [0.1, 0.15) is 36.0 Å². The highest BCUT2D eigenvalue weighted by atomic mass is 35.5. The SMILES string of the molecule is CC(=O)O.O=C1CC(c2ccccc2)c2cc(Cl)ccc2N1Cc1cccc2c1ccc1c3ccccc3ccc21. The second kappa shape index (κ2) is 11.1. The maximum absolute atomic E-state index is 13.6. The summed E-state index contributed by atoms with van der Waals surface area (Å²) in [6.07, 6.45) is 0.428. The van der Waals surface area contributed by atoms with Gasteiger partial charge in [-0.3, -0.25) is 9.59 Å². The third kappa shape index (κ3) is 5.15. The van der Waals surface area contributed by atoms with E-state index in [1.165, 1.54) is 32.3 Å². The van der Waals surface area contributed by atoms with Gasteiger partial charge in [0.1, 0.15) is 0 Å². The van der Waals surface area contributed by atoms with Gasteiger partial charge < -0.3 is 10.0 Å². The molecule has 0 saturated heterocycles. The lowest BCUT2D eigenvalue weighted by Crippen LogP contribution is -2.36. The Bertz CT molecular complexity index is 1930. The van der Waals surface area contributed by atoms with Crippen molar-refractivity contribution >= 4 is 61.5 Å². The summed E-state index contributed by atoms with van der Waals surface area (Å²) in [5.41, 5.74) is 4.33. The summed E-state index contributed by atoms with van der Waals surface area (Å²) in [4.78, 5) is 24.6. The number of halogens is 1. The Balaban J connectivity index is 0.000000712. The molecule has 0 saturated carbocycles. The first-order valence-corrected chi connectivity index (χ1v) is 13.9. The molecule has 1 aliphatic heterocycles. The lowest BCUT2D eigenvalue weighted by Gasteiger charge is -2.35. The molecule has 6 aromatic carbocycles. The molecule has 41 heavy (non-hydrogen) atoms. The second-order valence-electron chi connectivity index (χ2n) is 10.3. The quantitative estimate of drug-likeness (QED) is 0.221. The highest BCUT2D eigenvalue weighted by Crippen LogP contribution is 2.42. The van der Waals surface area contributed by atoms with E-state index in [0.29, 0.717) is 18.0 Å². The molecular formula is C36H28ClNO3. The average Bonchev–Trinajstić information content (AvgIpc) is 2.98. The summed E-state index contributed by atoms with van der Waals surface area (Å²) in [6, 6.07) is 40.0. The van der Waals surface area contributed by atoms with E-state index < -0.39 is 5.97 Å². The fraction of sp³-hybridized carbons (Fsp3) is 0.111. The number of hydrogen-bond donors (Lipinski definition) is 1. The minimum absolute atomic E-state index is 0.00314. The van der Waals surface area contributed by atoms with Crippen molar-refractivity contribution in [3.05, 3.63) is 137 Å². The molecule has 1 N–H and O–H groups in total. The Hall–Kier alpha value is -4.67. The zero-order valence-electron chi connectivity index (χ0n) is 22.6. The smallest absolute Gasteiger partial charge is 0.300 e. The first-order chi connectivity index (χ1) is 19.9. The van der Waals surface area contributed by atoms with E-state index in [1.54, 1.807) is 0 Å². The van der Waals surface area contributed by atoms with Crippen LogP contribution in [0.15, 0.2) is 115 Å². The van der Waals surface area contributed by atoms with Crippen molar-refractivity contribution < 1.29 is 14.7 Å². The van der Waals surface area contributed by atoms with E-state index in [-0.39, 0.29) is 11.8 Å². The van der Waals surface area contributed by atoms with Gasteiger partial charge in [-0.15, -0.1) is 0 Å². The monoisotopic (exact) mass is 557 g/mol. The molecule has 4 nitrogen and oxygen atoms in total. The summed E-state index contributed by atoms with van der Waals surface area (Å²) in [6.45, 7) is 1.60. The second-order valence-corrected chi connectivity index (χ2v) is 10.8. The van der Waals surface area contributed by atoms with Gasteiger partial charge >= 0.3 is 0 Å². The van der Waals surface area contributed by atoms with Crippen LogP contribution in [-0.4, -0.2) is 17.0 Å². The van der Waals surface area contributed by atoms with Gasteiger partial charge in [-0.25, -0.2) is 0 Å². The molecule has 0 bridgehead atoms. The lowest BCUT2D eigenvalue weighted by molar-refractivity contribution is -0.134. The van der Waals surface area contributed by atoms with E-state index in [1.807, 2.05) is 41.3 Å². The Labute approximate surface area is 243 Å². The maximum atomic E-state index is 13.6. The number of carbonyl (C=O) groups is 2. The fourth-order valence-electron chi connectivity index (χ4n) is 5.97. The van der Waals surface area contributed by atoms with Crippen molar-refractivity contribution in [2.24, 2.45) is 0 Å². The molecular weight excluding hydrogens is 530 g/mol. The molecule has 5 heteroatoms. The third-order valence-corrected chi connectivity index (χ3v) is 7.98. The number of fused-ring (bicyclic) bond motifs is 6. The number of carbonyl (C=O) groups excluding carboxylic acids is 1. The van der Waals surface area contributed by atoms with Crippen LogP contribution in [0.2, 0.25) is 5.02 Å². The van der Waals surface area contributed by atoms with Crippen molar-refractivity contribution in [1.29, 1.82) is 0 Å².